The first kappa shape index (κ1) is 17.0. The van der Waals surface area contributed by atoms with E-state index in [-0.39, 0.29) is 18.6 Å². The fourth-order valence-electron chi connectivity index (χ4n) is 2.73. The molecular weight excluding hydrogens is 314 g/mol. The van der Waals surface area contributed by atoms with E-state index < -0.39 is 6.09 Å². The molecule has 0 aliphatic rings. The number of benzene rings is 2. The van der Waals surface area contributed by atoms with Crippen LogP contribution in [0.15, 0.2) is 48.5 Å². The van der Waals surface area contributed by atoms with Gasteiger partial charge in [-0.1, -0.05) is 50.2 Å². The van der Waals surface area contributed by atoms with Crippen molar-refractivity contribution in [1.29, 1.82) is 0 Å². The summed E-state index contributed by atoms with van der Waals surface area (Å²) in [7, 11) is 0. The number of aryl methyl sites for hydroxylation is 1. The SMILES string of the molecule is Cc1ccc2nc([C@@H](NC(=O)OCc3ccccc3)C(C)C)[nH]c2c1. The lowest BCUT2D eigenvalue weighted by molar-refractivity contribution is 0.132. The lowest BCUT2D eigenvalue weighted by atomic mass is 10.0. The van der Waals surface area contributed by atoms with E-state index in [0.29, 0.717) is 0 Å². The number of nitrogens with zero attached hydrogens (tertiary/aromatic N) is 1. The first-order chi connectivity index (χ1) is 12.0. The van der Waals surface area contributed by atoms with Gasteiger partial charge in [-0.05, 0) is 36.1 Å². The summed E-state index contributed by atoms with van der Waals surface area (Å²) in [5, 5.41) is 2.92. The van der Waals surface area contributed by atoms with Gasteiger partial charge in [-0.25, -0.2) is 9.78 Å². The van der Waals surface area contributed by atoms with E-state index in [4.69, 9.17) is 4.74 Å². The van der Waals surface area contributed by atoms with Gasteiger partial charge in [0.25, 0.3) is 0 Å². The first-order valence-corrected chi connectivity index (χ1v) is 8.46. The number of rotatable bonds is 5. The van der Waals surface area contributed by atoms with Crippen LogP contribution in [-0.4, -0.2) is 16.1 Å². The van der Waals surface area contributed by atoms with Crippen molar-refractivity contribution in [2.24, 2.45) is 5.92 Å². The second kappa shape index (κ2) is 7.38. The molecule has 3 rings (SSSR count). The number of alkyl carbamates (subject to hydrolysis) is 1. The van der Waals surface area contributed by atoms with Gasteiger partial charge < -0.3 is 15.0 Å². The van der Waals surface area contributed by atoms with E-state index in [1.807, 2.05) is 63.2 Å². The average Bonchev–Trinajstić information content (AvgIpc) is 3.01. The summed E-state index contributed by atoms with van der Waals surface area (Å²) in [6.07, 6.45) is -0.445. The van der Waals surface area contributed by atoms with Crippen LogP contribution in [0.5, 0.6) is 0 Å². The molecular formula is C20H23N3O2. The molecule has 0 saturated heterocycles. The maximum absolute atomic E-state index is 12.2. The first-order valence-electron chi connectivity index (χ1n) is 8.46. The normalized spacial score (nSPS) is 12.3. The molecule has 0 saturated carbocycles. The molecule has 1 atom stereocenters. The summed E-state index contributed by atoms with van der Waals surface area (Å²) in [5.74, 6) is 0.915. The Morgan fingerprint density at radius 2 is 1.96 bits per heavy atom. The van der Waals surface area contributed by atoms with E-state index in [1.54, 1.807) is 0 Å². The molecule has 0 bridgehead atoms. The van der Waals surface area contributed by atoms with Crippen molar-refractivity contribution >= 4 is 17.1 Å². The van der Waals surface area contributed by atoms with Crippen LogP contribution < -0.4 is 5.32 Å². The van der Waals surface area contributed by atoms with Crippen molar-refractivity contribution in [3.63, 3.8) is 0 Å². The summed E-state index contributed by atoms with van der Waals surface area (Å²) < 4.78 is 5.33. The van der Waals surface area contributed by atoms with Gasteiger partial charge in [0.05, 0.1) is 17.1 Å². The molecule has 130 valence electrons. The standard InChI is InChI=1S/C20H23N3O2/c1-13(2)18(19-21-16-10-9-14(3)11-17(16)22-19)23-20(24)25-12-15-7-5-4-6-8-15/h4-11,13,18H,12H2,1-3H3,(H,21,22)(H,23,24)/t18-/m0/s1. The Hall–Kier alpha value is -2.82. The number of amides is 1. The summed E-state index contributed by atoms with van der Waals surface area (Å²) in [5.41, 5.74) is 3.99. The van der Waals surface area contributed by atoms with E-state index >= 15 is 0 Å². The van der Waals surface area contributed by atoms with Gasteiger partial charge in [-0.3, -0.25) is 0 Å². The monoisotopic (exact) mass is 337 g/mol. The van der Waals surface area contributed by atoms with Crippen LogP contribution in [0.1, 0.15) is 36.8 Å². The third kappa shape index (κ3) is 4.18. The second-order valence-corrected chi connectivity index (χ2v) is 6.57. The van der Waals surface area contributed by atoms with Gasteiger partial charge in [0.2, 0.25) is 0 Å². The Labute approximate surface area is 147 Å². The highest BCUT2D eigenvalue weighted by Crippen LogP contribution is 2.23. The molecule has 0 radical (unpaired) electrons. The van der Waals surface area contributed by atoms with Gasteiger partial charge >= 0.3 is 6.09 Å². The zero-order valence-electron chi connectivity index (χ0n) is 14.7. The number of nitrogens with one attached hydrogen (secondary N) is 2. The predicted octanol–water partition coefficient (Wildman–Crippen LogP) is 4.49. The summed E-state index contributed by atoms with van der Waals surface area (Å²) in [6, 6.07) is 15.4. The van der Waals surface area contributed by atoms with Gasteiger partial charge in [0.1, 0.15) is 12.4 Å². The Morgan fingerprint density at radius 1 is 1.20 bits per heavy atom. The lowest BCUT2D eigenvalue weighted by Crippen LogP contribution is -2.32. The maximum Gasteiger partial charge on any atom is 0.408 e. The fraction of sp³-hybridized carbons (Fsp3) is 0.300. The van der Waals surface area contributed by atoms with Crippen LogP contribution in [0.3, 0.4) is 0 Å². The zero-order chi connectivity index (χ0) is 17.8. The molecule has 0 aliphatic heterocycles. The quantitative estimate of drug-likeness (QED) is 0.720. The average molecular weight is 337 g/mol. The molecule has 5 nitrogen and oxygen atoms in total. The molecule has 25 heavy (non-hydrogen) atoms. The molecule has 1 aromatic heterocycles. The highest BCUT2D eigenvalue weighted by atomic mass is 16.5. The number of fused-ring (bicyclic) bond motifs is 1. The molecule has 2 N–H and O–H groups in total. The van der Waals surface area contributed by atoms with Gasteiger partial charge in [0.15, 0.2) is 0 Å². The third-order valence-electron chi connectivity index (χ3n) is 4.10. The summed E-state index contributed by atoms with van der Waals surface area (Å²) in [4.78, 5) is 20.1. The van der Waals surface area contributed by atoms with Crippen molar-refractivity contribution in [2.45, 2.75) is 33.4 Å². The number of hydrogen-bond donors (Lipinski definition) is 2. The number of carbonyl (C=O) groups is 1. The van der Waals surface area contributed by atoms with E-state index in [1.165, 1.54) is 5.56 Å². The minimum Gasteiger partial charge on any atom is -0.445 e. The Balaban J connectivity index is 1.70. The van der Waals surface area contributed by atoms with Crippen LogP contribution in [0, 0.1) is 12.8 Å². The van der Waals surface area contributed by atoms with Gasteiger partial charge in [-0.15, -0.1) is 0 Å². The van der Waals surface area contributed by atoms with Crippen molar-refractivity contribution in [3.8, 4) is 0 Å². The summed E-state index contributed by atoms with van der Waals surface area (Å²) in [6.45, 7) is 6.37. The number of H-pyrrole nitrogens is 1. The van der Waals surface area contributed by atoms with Gasteiger partial charge in [0, 0.05) is 0 Å². The number of carbonyl (C=O) groups excluding carboxylic acids is 1. The smallest absolute Gasteiger partial charge is 0.408 e. The van der Waals surface area contributed by atoms with Crippen molar-refractivity contribution in [3.05, 3.63) is 65.5 Å². The van der Waals surface area contributed by atoms with E-state index in [9.17, 15) is 4.79 Å². The number of aromatic nitrogens is 2. The van der Waals surface area contributed by atoms with Crippen LogP contribution in [0.25, 0.3) is 11.0 Å². The van der Waals surface area contributed by atoms with Crippen LogP contribution >= 0.6 is 0 Å². The Morgan fingerprint density at radius 3 is 2.68 bits per heavy atom. The zero-order valence-corrected chi connectivity index (χ0v) is 14.7. The van der Waals surface area contributed by atoms with E-state index in [0.717, 1.165) is 22.4 Å². The number of aromatic amines is 1. The van der Waals surface area contributed by atoms with Crippen LogP contribution in [0.2, 0.25) is 0 Å². The number of hydrogen-bond acceptors (Lipinski definition) is 3. The summed E-state index contributed by atoms with van der Waals surface area (Å²) >= 11 is 0. The molecule has 2 aromatic carbocycles. The Kier molecular flexibility index (Phi) is 5.03. The molecule has 1 heterocycles. The van der Waals surface area contributed by atoms with E-state index in [2.05, 4.69) is 21.4 Å². The molecule has 5 heteroatoms. The second-order valence-electron chi connectivity index (χ2n) is 6.57. The highest BCUT2D eigenvalue weighted by Gasteiger charge is 2.22. The topological polar surface area (TPSA) is 67.0 Å². The highest BCUT2D eigenvalue weighted by molar-refractivity contribution is 5.76. The molecule has 1 amide bonds. The van der Waals surface area contributed by atoms with Gasteiger partial charge in [-0.2, -0.15) is 0 Å². The molecule has 0 spiro atoms. The minimum atomic E-state index is -0.445. The van der Waals surface area contributed by atoms with Crippen molar-refractivity contribution < 1.29 is 9.53 Å². The number of imidazole rings is 1. The number of ether oxygens (including phenoxy) is 1. The predicted molar refractivity (Wildman–Crippen MR) is 98.2 cm³/mol. The van der Waals surface area contributed by atoms with Crippen LogP contribution in [0.4, 0.5) is 4.79 Å². The minimum absolute atomic E-state index is 0.172. The Bertz CT molecular complexity index is 856. The fourth-order valence-corrected chi connectivity index (χ4v) is 2.73. The van der Waals surface area contributed by atoms with Crippen molar-refractivity contribution in [1.82, 2.24) is 15.3 Å². The van der Waals surface area contributed by atoms with Crippen LogP contribution in [-0.2, 0) is 11.3 Å². The molecule has 0 unspecified atom stereocenters. The maximum atomic E-state index is 12.2. The third-order valence-corrected chi connectivity index (χ3v) is 4.10. The molecule has 3 aromatic rings. The largest absolute Gasteiger partial charge is 0.445 e. The molecule has 0 aliphatic carbocycles. The lowest BCUT2D eigenvalue weighted by Gasteiger charge is -2.20. The molecule has 0 fully saturated rings. The van der Waals surface area contributed by atoms with Crippen molar-refractivity contribution in [2.75, 3.05) is 0 Å².